The summed E-state index contributed by atoms with van der Waals surface area (Å²) < 4.78 is 0. The van der Waals surface area contributed by atoms with E-state index < -0.39 is 0 Å². The summed E-state index contributed by atoms with van der Waals surface area (Å²) in [5.74, 6) is 3.27. The fraction of sp³-hybridized carbons (Fsp3) is 0.769. The van der Waals surface area contributed by atoms with Gasteiger partial charge >= 0.3 is 0 Å². The van der Waals surface area contributed by atoms with Crippen molar-refractivity contribution in [3.8, 4) is 12.3 Å². The van der Waals surface area contributed by atoms with E-state index in [-0.39, 0.29) is 11.9 Å². The van der Waals surface area contributed by atoms with Crippen molar-refractivity contribution >= 4 is 5.91 Å². The lowest BCUT2D eigenvalue weighted by Crippen LogP contribution is -2.42. The van der Waals surface area contributed by atoms with Gasteiger partial charge in [0.05, 0.1) is 6.04 Å². The summed E-state index contributed by atoms with van der Waals surface area (Å²) in [6.45, 7) is 7.72. The van der Waals surface area contributed by atoms with Crippen LogP contribution in [0, 0.1) is 18.3 Å². The van der Waals surface area contributed by atoms with Gasteiger partial charge in [0.25, 0.3) is 0 Å². The van der Waals surface area contributed by atoms with Gasteiger partial charge in [-0.15, -0.1) is 12.3 Å². The van der Waals surface area contributed by atoms with Crippen LogP contribution in [-0.4, -0.2) is 25.0 Å². The van der Waals surface area contributed by atoms with Crippen LogP contribution < -0.4 is 10.6 Å². The minimum atomic E-state index is -0.134. The first-order valence-corrected chi connectivity index (χ1v) is 6.02. The molecule has 1 atom stereocenters. The van der Waals surface area contributed by atoms with Crippen LogP contribution in [0.2, 0.25) is 0 Å². The highest BCUT2D eigenvalue weighted by atomic mass is 16.2. The van der Waals surface area contributed by atoms with Gasteiger partial charge in [0.2, 0.25) is 5.91 Å². The summed E-state index contributed by atoms with van der Waals surface area (Å²) in [4.78, 5) is 11.6. The maximum atomic E-state index is 11.6. The fourth-order valence-corrected chi connectivity index (χ4v) is 1.24. The Balaban J connectivity index is 3.54. The second kappa shape index (κ2) is 9.23. The molecule has 92 valence electrons. The Bertz CT molecular complexity index is 231. The van der Waals surface area contributed by atoms with Gasteiger partial charge in [-0.25, -0.2) is 0 Å². The van der Waals surface area contributed by atoms with Gasteiger partial charge < -0.3 is 10.6 Å². The molecule has 0 radical (unpaired) electrons. The molecular weight excluding hydrogens is 200 g/mol. The van der Waals surface area contributed by atoms with E-state index >= 15 is 0 Å². The summed E-state index contributed by atoms with van der Waals surface area (Å²) in [6, 6.07) is -0.134. The minimum Gasteiger partial charge on any atom is -0.355 e. The largest absolute Gasteiger partial charge is 0.355 e. The highest BCUT2D eigenvalue weighted by Crippen LogP contribution is 1.96. The zero-order valence-electron chi connectivity index (χ0n) is 10.7. The average molecular weight is 224 g/mol. The fourth-order valence-electron chi connectivity index (χ4n) is 1.24. The number of amides is 1. The Hall–Kier alpha value is -1.01. The molecule has 0 fully saturated rings. The maximum absolute atomic E-state index is 11.6. The summed E-state index contributed by atoms with van der Waals surface area (Å²) in [7, 11) is 0. The van der Waals surface area contributed by atoms with Gasteiger partial charge in [-0.2, -0.15) is 0 Å². The van der Waals surface area contributed by atoms with Crippen molar-refractivity contribution in [2.24, 2.45) is 5.92 Å². The molecule has 3 heteroatoms. The van der Waals surface area contributed by atoms with Gasteiger partial charge in [0.1, 0.15) is 0 Å². The molecule has 0 bridgehead atoms. The van der Waals surface area contributed by atoms with Crippen LogP contribution in [0.1, 0.15) is 40.0 Å². The van der Waals surface area contributed by atoms with E-state index in [1.165, 1.54) is 0 Å². The molecule has 1 amide bonds. The molecule has 0 aliphatic carbocycles. The van der Waals surface area contributed by atoms with Crippen molar-refractivity contribution in [1.82, 2.24) is 10.6 Å². The molecule has 16 heavy (non-hydrogen) atoms. The monoisotopic (exact) mass is 224 g/mol. The lowest BCUT2D eigenvalue weighted by atomic mass is 10.1. The quantitative estimate of drug-likeness (QED) is 0.485. The zero-order chi connectivity index (χ0) is 12.4. The van der Waals surface area contributed by atoms with E-state index in [0.29, 0.717) is 5.92 Å². The van der Waals surface area contributed by atoms with Gasteiger partial charge in [-0.05, 0) is 32.2 Å². The first-order chi connectivity index (χ1) is 7.57. The SMILES string of the molecule is C#CCCCNC(C)C(=O)NCCC(C)C. The normalized spacial score (nSPS) is 12.2. The maximum Gasteiger partial charge on any atom is 0.236 e. The van der Waals surface area contributed by atoms with Crippen LogP contribution >= 0.6 is 0 Å². The number of carbonyl (C=O) groups excluding carboxylic acids is 1. The molecule has 0 aromatic rings. The molecule has 0 heterocycles. The summed E-state index contributed by atoms with van der Waals surface area (Å²) in [5, 5.41) is 6.06. The standard InChI is InChI=1S/C13H24N2O/c1-5-6-7-9-14-12(4)13(16)15-10-8-11(2)3/h1,11-12,14H,6-10H2,2-4H3,(H,15,16). The van der Waals surface area contributed by atoms with Crippen LogP contribution in [-0.2, 0) is 4.79 Å². The van der Waals surface area contributed by atoms with Gasteiger partial charge in [-0.1, -0.05) is 13.8 Å². The number of terminal acetylenes is 1. The van der Waals surface area contributed by atoms with Crippen molar-refractivity contribution < 1.29 is 4.79 Å². The summed E-state index contributed by atoms with van der Waals surface area (Å²) in [6.07, 6.45) is 7.84. The van der Waals surface area contributed by atoms with Crippen molar-refractivity contribution in [3.05, 3.63) is 0 Å². The predicted molar refractivity (Wildman–Crippen MR) is 68.0 cm³/mol. The molecule has 0 saturated heterocycles. The number of rotatable bonds is 8. The Labute approximate surface area is 99.4 Å². The van der Waals surface area contributed by atoms with E-state index in [4.69, 9.17) is 6.42 Å². The molecule has 0 rings (SSSR count). The molecule has 0 aliphatic rings. The highest BCUT2D eigenvalue weighted by Gasteiger charge is 2.10. The van der Waals surface area contributed by atoms with Crippen molar-refractivity contribution in [2.75, 3.05) is 13.1 Å². The topological polar surface area (TPSA) is 41.1 Å². The van der Waals surface area contributed by atoms with E-state index in [1.807, 2.05) is 6.92 Å². The number of hydrogen-bond acceptors (Lipinski definition) is 2. The molecule has 3 nitrogen and oxygen atoms in total. The molecule has 1 unspecified atom stereocenters. The molecule has 0 spiro atoms. The molecule has 0 aliphatic heterocycles. The average Bonchev–Trinajstić information content (AvgIpc) is 2.23. The minimum absolute atomic E-state index is 0.0707. The number of hydrogen-bond donors (Lipinski definition) is 2. The smallest absolute Gasteiger partial charge is 0.236 e. The Morgan fingerprint density at radius 3 is 2.56 bits per heavy atom. The van der Waals surface area contributed by atoms with E-state index in [1.54, 1.807) is 0 Å². The summed E-state index contributed by atoms with van der Waals surface area (Å²) >= 11 is 0. The first-order valence-electron chi connectivity index (χ1n) is 6.02. The molecule has 0 aromatic heterocycles. The van der Waals surface area contributed by atoms with Crippen LogP contribution in [0.25, 0.3) is 0 Å². The van der Waals surface area contributed by atoms with Gasteiger partial charge in [0, 0.05) is 13.0 Å². The summed E-state index contributed by atoms with van der Waals surface area (Å²) in [5.41, 5.74) is 0. The number of carbonyl (C=O) groups is 1. The predicted octanol–water partition coefficient (Wildman–Crippen LogP) is 1.54. The van der Waals surface area contributed by atoms with Gasteiger partial charge in [0.15, 0.2) is 0 Å². The van der Waals surface area contributed by atoms with Crippen LogP contribution in [0.3, 0.4) is 0 Å². The van der Waals surface area contributed by atoms with Crippen LogP contribution in [0.4, 0.5) is 0 Å². The van der Waals surface area contributed by atoms with Crippen molar-refractivity contribution in [2.45, 2.75) is 46.1 Å². The molecular formula is C13H24N2O. The van der Waals surface area contributed by atoms with Crippen LogP contribution in [0.15, 0.2) is 0 Å². The third-order valence-corrected chi connectivity index (χ3v) is 2.36. The Morgan fingerprint density at radius 1 is 1.31 bits per heavy atom. The molecule has 0 saturated carbocycles. The second-order valence-corrected chi connectivity index (χ2v) is 4.46. The van der Waals surface area contributed by atoms with E-state index in [0.717, 1.165) is 32.4 Å². The van der Waals surface area contributed by atoms with Crippen LogP contribution in [0.5, 0.6) is 0 Å². The lowest BCUT2D eigenvalue weighted by molar-refractivity contribution is -0.122. The first kappa shape index (κ1) is 15.0. The lowest BCUT2D eigenvalue weighted by Gasteiger charge is -2.14. The van der Waals surface area contributed by atoms with Crippen molar-refractivity contribution in [1.29, 1.82) is 0 Å². The Kier molecular flexibility index (Phi) is 8.65. The second-order valence-electron chi connectivity index (χ2n) is 4.46. The third kappa shape index (κ3) is 8.31. The number of unbranched alkanes of at least 4 members (excludes halogenated alkanes) is 1. The van der Waals surface area contributed by atoms with E-state index in [9.17, 15) is 4.79 Å². The zero-order valence-corrected chi connectivity index (χ0v) is 10.7. The van der Waals surface area contributed by atoms with E-state index in [2.05, 4.69) is 30.4 Å². The number of nitrogens with one attached hydrogen (secondary N) is 2. The van der Waals surface area contributed by atoms with Crippen molar-refractivity contribution in [3.63, 3.8) is 0 Å². The van der Waals surface area contributed by atoms with Gasteiger partial charge in [-0.3, -0.25) is 4.79 Å². The highest BCUT2D eigenvalue weighted by molar-refractivity contribution is 5.81. The third-order valence-electron chi connectivity index (χ3n) is 2.36. The molecule has 0 aromatic carbocycles. The Morgan fingerprint density at radius 2 is 2.00 bits per heavy atom. The molecule has 2 N–H and O–H groups in total.